The quantitative estimate of drug-likeness (QED) is 0.753. The van der Waals surface area contributed by atoms with Gasteiger partial charge in [-0.2, -0.15) is 0 Å². The molecule has 1 amide bonds. The second-order valence-corrected chi connectivity index (χ2v) is 4.42. The molecular weight excluding hydrogens is 188 g/mol. The van der Waals surface area contributed by atoms with Crippen LogP contribution in [0.2, 0.25) is 0 Å². The fourth-order valence-corrected chi connectivity index (χ4v) is 2.35. The maximum Gasteiger partial charge on any atom is 0.239 e. The first-order valence-electron chi connectivity index (χ1n) is 6.24. The van der Waals surface area contributed by atoms with Crippen molar-refractivity contribution in [3.05, 3.63) is 0 Å². The molecule has 1 aliphatic rings. The van der Waals surface area contributed by atoms with Crippen molar-refractivity contribution in [1.82, 2.24) is 10.2 Å². The Morgan fingerprint density at radius 1 is 1.53 bits per heavy atom. The minimum absolute atomic E-state index is 0.0723. The van der Waals surface area contributed by atoms with E-state index < -0.39 is 0 Å². The summed E-state index contributed by atoms with van der Waals surface area (Å²) < 4.78 is 0. The predicted octanol–water partition coefficient (Wildman–Crippen LogP) is 1.78. The van der Waals surface area contributed by atoms with E-state index in [9.17, 15) is 4.79 Å². The molecule has 2 unspecified atom stereocenters. The number of nitrogens with one attached hydrogen (secondary N) is 1. The SMILES string of the molecule is CCCC(C)N1CCCC(NCC)C1=O. The van der Waals surface area contributed by atoms with Gasteiger partial charge in [0.15, 0.2) is 0 Å². The van der Waals surface area contributed by atoms with E-state index in [1.807, 2.05) is 0 Å². The summed E-state index contributed by atoms with van der Waals surface area (Å²) in [6.07, 6.45) is 4.40. The summed E-state index contributed by atoms with van der Waals surface area (Å²) in [5.41, 5.74) is 0. The van der Waals surface area contributed by atoms with Crippen LogP contribution in [-0.4, -0.2) is 36.0 Å². The van der Waals surface area contributed by atoms with Crippen LogP contribution >= 0.6 is 0 Å². The van der Waals surface area contributed by atoms with Crippen LogP contribution in [0, 0.1) is 0 Å². The zero-order valence-electron chi connectivity index (χ0n) is 10.3. The molecule has 0 bridgehead atoms. The molecule has 3 heteroatoms. The van der Waals surface area contributed by atoms with Crippen molar-refractivity contribution < 1.29 is 4.79 Å². The molecule has 0 aromatic heterocycles. The lowest BCUT2D eigenvalue weighted by molar-refractivity contribution is -0.138. The first-order valence-corrected chi connectivity index (χ1v) is 6.24. The normalized spacial score (nSPS) is 24.3. The maximum absolute atomic E-state index is 12.1. The van der Waals surface area contributed by atoms with Gasteiger partial charge in [0, 0.05) is 12.6 Å². The van der Waals surface area contributed by atoms with Gasteiger partial charge in [0.1, 0.15) is 0 Å². The highest BCUT2D eigenvalue weighted by Gasteiger charge is 2.30. The third-order valence-electron chi connectivity index (χ3n) is 3.16. The Morgan fingerprint density at radius 2 is 2.27 bits per heavy atom. The number of carbonyl (C=O) groups excluding carboxylic acids is 1. The van der Waals surface area contributed by atoms with E-state index >= 15 is 0 Å². The lowest BCUT2D eigenvalue weighted by Gasteiger charge is -2.36. The van der Waals surface area contributed by atoms with E-state index in [4.69, 9.17) is 0 Å². The van der Waals surface area contributed by atoms with Crippen molar-refractivity contribution in [2.75, 3.05) is 13.1 Å². The minimum Gasteiger partial charge on any atom is -0.339 e. The molecule has 0 saturated carbocycles. The summed E-state index contributed by atoms with van der Waals surface area (Å²) in [6.45, 7) is 8.22. The maximum atomic E-state index is 12.1. The topological polar surface area (TPSA) is 32.3 Å². The summed E-state index contributed by atoms with van der Waals surface area (Å²) in [7, 11) is 0. The van der Waals surface area contributed by atoms with Crippen LogP contribution in [0.4, 0.5) is 0 Å². The molecule has 1 heterocycles. The van der Waals surface area contributed by atoms with Gasteiger partial charge in [-0.3, -0.25) is 4.79 Å². The van der Waals surface area contributed by atoms with Gasteiger partial charge in [-0.1, -0.05) is 20.3 Å². The number of carbonyl (C=O) groups is 1. The number of likely N-dealkylation sites (tertiary alicyclic amines) is 1. The standard InChI is InChI=1S/C12H24N2O/c1-4-7-10(3)14-9-6-8-11(12(14)15)13-5-2/h10-11,13H,4-9H2,1-3H3. The van der Waals surface area contributed by atoms with Crippen LogP contribution in [0.5, 0.6) is 0 Å². The molecule has 1 aliphatic heterocycles. The highest BCUT2D eigenvalue weighted by atomic mass is 16.2. The summed E-state index contributed by atoms with van der Waals surface area (Å²) >= 11 is 0. The average Bonchev–Trinajstić information content (AvgIpc) is 2.22. The number of piperidine rings is 1. The number of amides is 1. The van der Waals surface area contributed by atoms with Crippen molar-refractivity contribution in [3.63, 3.8) is 0 Å². The summed E-state index contributed by atoms with van der Waals surface area (Å²) in [6, 6.07) is 0.479. The second-order valence-electron chi connectivity index (χ2n) is 4.42. The second kappa shape index (κ2) is 6.11. The Labute approximate surface area is 93.2 Å². The molecule has 1 N–H and O–H groups in total. The number of nitrogens with zero attached hydrogens (tertiary/aromatic N) is 1. The molecule has 88 valence electrons. The number of rotatable bonds is 5. The van der Waals surface area contributed by atoms with Gasteiger partial charge in [0.2, 0.25) is 5.91 Å². The molecule has 2 atom stereocenters. The van der Waals surface area contributed by atoms with Crippen molar-refractivity contribution in [1.29, 1.82) is 0 Å². The van der Waals surface area contributed by atoms with Crippen LogP contribution in [0.15, 0.2) is 0 Å². The molecule has 1 rings (SSSR count). The third kappa shape index (κ3) is 3.20. The Morgan fingerprint density at radius 3 is 2.87 bits per heavy atom. The molecule has 0 aromatic rings. The molecule has 0 aliphatic carbocycles. The Hall–Kier alpha value is -0.570. The van der Waals surface area contributed by atoms with Crippen molar-refractivity contribution in [2.24, 2.45) is 0 Å². The molecule has 15 heavy (non-hydrogen) atoms. The Kier molecular flexibility index (Phi) is 5.09. The van der Waals surface area contributed by atoms with Crippen LogP contribution < -0.4 is 5.32 Å². The smallest absolute Gasteiger partial charge is 0.239 e. The first kappa shape index (κ1) is 12.5. The Balaban J connectivity index is 2.53. The number of likely N-dealkylation sites (N-methyl/N-ethyl adjacent to an activating group) is 1. The molecule has 0 radical (unpaired) electrons. The van der Waals surface area contributed by atoms with Crippen LogP contribution in [0.25, 0.3) is 0 Å². The van der Waals surface area contributed by atoms with Gasteiger partial charge in [0.05, 0.1) is 6.04 Å². The number of hydrogen-bond donors (Lipinski definition) is 1. The summed E-state index contributed by atoms with van der Waals surface area (Å²) in [5, 5.41) is 3.27. The lowest BCUT2D eigenvalue weighted by Crippen LogP contribution is -2.53. The third-order valence-corrected chi connectivity index (χ3v) is 3.16. The van der Waals surface area contributed by atoms with Gasteiger partial charge >= 0.3 is 0 Å². The molecule has 1 fully saturated rings. The van der Waals surface area contributed by atoms with Crippen LogP contribution in [0.1, 0.15) is 46.5 Å². The van der Waals surface area contributed by atoms with Crippen LogP contribution in [-0.2, 0) is 4.79 Å². The van der Waals surface area contributed by atoms with E-state index in [2.05, 4.69) is 31.0 Å². The van der Waals surface area contributed by atoms with E-state index in [0.29, 0.717) is 11.9 Å². The van der Waals surface area contributed by atoms with Crippen molar-refractivity contribution in [2.45, 2.75) is 58.5 Å². The van der Waals surface area contributed by atoms with Crippen molar-refractivity contribution >= 4 is 5.91 Å². The largest absolute Gasteiger partial charge is 0.339 e. The fourth-order valence-electron chi connectivity index (χ4n) is 2.35. The highest BCUT2D eigenvalue weighted by Crippen LogP contribution is 2.16. The summed E-state index contributed by atoms with van der Waals surface area (Å²) in [4.78, 5) is 14.2. The zero-order valence-corrected chi connectivity index (χ0v) is 10.3. The molecule has 3 nitrogen and oxygen atoms in total. The molecular formula is C12H24N2O. The lowest BCUT2D eigenvalue weighted by atomic mass is 10.0. The first-order chi connectivity index (χ1) is 7.20. The zero-order chi connectivity index (χ0) is 11.3. The predicted molar refractivity (Wildman–Crippen MR) is 62.8 cm³/mol. The molecule has 1 saturated heterocycles. The fraction of sp³-hybridized carbons (Fsp3) is 0.917. The summed E-state index contributed by atoms with van der Waals surface area (Å²) in [5.74, 6) is 0.309. The van der Waals surface area contributed by atoms with Gasteiger partial charge in [-0.25, -0.2) is 0 Å². The van der Waals surface area contributed by atoms with Gasteiger partial charge in [0.25, 0.3) is 0 Å². The van der Waals surface area contributed by atoms with Gasteiger partial charge in [-0.05, 0) is 32.7 Å². The van der Waals surface area contributed by atoms with E-state index in [1.54, 1.807) is 0 Å². The monoisotopic (exact) mass is 212 g/mol. The Bertz CT molecular complexity index is 204. The van der Waals surface area contributed by atoms with Gasteiger partial charge in [-0.15, -0.1) is 0 Å². The minimum atomic E-state index is 0.0723. The number of hydrogen-bond acceptors (Lipinski definition) is 2. The average molecular weight is 212 g/mol. The molecule has 0 aromatic carbocycles. The van der Waals surface area contributed by atoms with E-state index in [1.165, 1.54) is 0 Å². The van der Waals surface area contributed by atoms with E-state index in [-0.39, 0.29) is 6.04 Å². The van der Waals surface area contributed by atoms with Crippen LogP contribution in [0.3, 0.4) is 0 Å². The molecule has 0 spiro atoms. The van der Waals surface area contributed by atoms with Crippen molar-refractivity contribution in [3.8, 4) is 0 Å². The highest BCUT2D eigenvalue weighted by molar-refractivity contribution is 5.82. The van der Waals surface area contributed by atoms with E-state index in [0.717, 1.165) is 38.8 Å². The van der Waals surface area contributed by atoms with Gasteiger partial charge < -0.3 is 10.2 Å².